The van der Waals surface area contributed by atoms with Crippen molar-refractivity contribution in [3.63, 3.8) is 0 Å². The highest BCUT2D eigenvalue weighted by Gasteiger charge is 2.26. The van der Waals surface area contributed by atoms with Gasteiger partial charge in [-0.1, -0.05) is 24.3 Å². The predicted molar refractivity (Wildman–Crippen MR) is 137 cm³/mol. The van der Waals surface area contributed by atoms with Gasteiger partial charge in [-0.05, 0) is 50.1 Å². The maximum atomic E-state index is 14.1. The number of ether oxygens (including phenoxy) is 2. The Balaban J connectivity index is 1.55. The quantitative estimate of drug-likeness (QED) is 0.373. The van der Waals surface area contributed by atoms with E-state index in [2.05, 4.69) is 25.3 Å². The van der Waals surface area contributed by atoms with Crippen molar-refractivity contribution in [1.29, 1.82) is 0 Å². The van der Waals surface area contributed by atoms with Crippen LogP contribution in [0.5, 0.6) is 5.75 Å². The van der Waals surface area contributed by atoms with Crippen molar-refractivity contribution in [2.45, 2.75) is 32.2 Å². The molecule has 3 heterocycles. The summed E-state index contributed by atoms with van der Waals surface area (Å²) in [5.74, 6) is 1.15. The highest BCUT2D eigenvalue weighted by molar-refractivity contribution is 5.77. The first-order valence-corrected chi connectivity index (χ1v) is 12.1. The van der Waals surface area contributed by atoms with Gasteiger partial charge in [-0.3, -0.25) is 4.57 Å². The molecule has 0 bridgehead atoms. The average molecular weight is 510 g/mol. The Bertz CT molecular complexity index is 1370. The Hall–Kier alpha value is -3.86. The molecule has 37 heavy (non-hydrogen) atoms. The van der Waals surface area contributed by atoms with E-state index in [1.165, 1.54) is 4.57 Å². The van der Waals surface area contributed by atoms with E-state index < -0.39 is 17.8 Å². The molecule has 0 radical (unpaired) electrons. The summed E-state index contributed by atoms with van der Waals surface area (Å²) >= 11 is 0. The summed E-state index contributed by atoms with van der Waals surface area (Å²) in [5.41, 5.74) is 1.58. The number of halogens is 2. The predicted octanol–water partition coefficient (Wildman–Crippen LogP) is 4.43. The molecule has 1 N–H and O–H groups in total. The van der Waals surface area contributed by atoms with Crippen LogP contribution in [0, 0.1) is 0 Å². The lowest BCUT2D eigenvalue weighted by molar-refractivity contribution is 0.122. The number of hydrogen-bond acceptors (Lipinski definition) is 8. The topological polar surface area (TPSA) is 90.2 Å². The number of anilines is 2. The molecular formula is C26H29F2N7O2. The minimum absolute atomic E-state index is 0.0863. The largest absolute Gasteiger partial charge is 0.497 e. The molecule has 2 aromatic carbocycles. The molecule has 4 aromatic rings. The van der Waals surface area contributed by atoms with Crippen LogP contribution in [0.4, 0.5) is 20.7 Å². The summed E-state index contributed by atoms with van der Waals surface area (Å²) < 4.78 is 40.2. The number of fused-ring (bicyclic) bond motifs is 1. The number of para-hydroxylation sites is 2. The minimum atomic E-state index is -2.81. The van der Waals surface area contributed by atoms with Crippen molar-refractivity contribution in [2.24, 2.45) is 0 Å². The van der Waals surface area contributed by atoms with Gasteiger partial charge in [0.15, 0.2) is 5.82 Å². The van der Waals surface area contributed by atoms with Crippen LogP contribution >= 0.6 is 0 Å². The number of hydrogen-bond donors (Lipinski definition) is 1. The van der Waals surface area contributed by atoms with Crippen molar-refractivity contribution in [3.05, 3.63) is 59.9 Å². The Morgan fingerprint density at radius 1 is 0.973 bits per heavy atom. The fraction of sp³-hybridized carbons (Fsp3) is 0.385. The molecular weight excluding hydrogens is 480 g/mol. The molecule has 1 saturated heterocycles. The van der Waals surface area contributed by atoms with Gasteiger partial charge in [0.1, 0.15) is 5.75 Å². The van der Waals surface area contributed by atoms with Gasteiger partial charge in [0.05, 0.1) is 31.4 Å². The van der Waals surface area contributed by atoms with Crippen LogP contribution in [0.3, 0.4) is 0 Å². The maximum Gasteiger partial charge on any atom is 0.296 e. The second-order valence-corrected chi connectivity index (χ2v) is 9.49. The number of aromatic nitrogens is 5. The average Bonchev–Trinajstić information content (AvgIpc) is 3.29. The maximum absolute atomic E-state index is 14.1. The number of benzene rings is 2. The number of nitrogens with zero attached hydrogens (tertiary/aromatic N) is 6. The second kappa shape index (κ2) is 10.3. The van der Waals surface area contributed by atoms with Crippen LogP contribution < -0.4 is 15.0 Å². The highest BCUT2D eigenvalue weighted by Crippen LogP contribution is 2.28. The van der Waals surface area contributed by atoms with E-state index in [9.17, 15) is 8.78 Å². The zero-order valence-electron chi connectivity index (χ0n) is 21.0. The molecule has 0 unspecified atom stereocenters. The third kappa shape index (κ3) is 5.46. The lowest BCUT2D eigenvalue weighted by Crippen LogP contribution is -2.38. The van der Waals surface area contributed by atoms with Gasteiger partial charge in [-0.25, -0.2) is 13.8 Å². The fourth-order valence-electron chi connectivity index (χ4n) is 4.42. The Morgan fingerprint density at radius 3 is 2.38 bits per heavy atom. The van der Waals surface area contributed by atoms with Gasteiger partial charge in [0.2, 0.25) is 17.8 Å². The smallest absolute Gasteiger partial charge is 0.296 e. The van der Waals surface area contributed by atoms with Crippen LogP contribution in [0.1, 0.15) is 31.7 Å². The summed E-state index contributed by atoms with van der Waals surface area (Å²) in [5, 5.41) is 3.40. The van der Waals surface area contributed by atoms with Crippen molar-refractivity contribution in [2.75, 3.05) is 43.6 Å². The Labute approximate surface area is 213 Å². The summed E-state index contributed by atoms with van der Waals surface area (Å²) in [4.78, 5) is 20.0. The SMILES string of the molecule is COc1ccc(CC(C)(C)Nc2nc(N3CCOCC3)nc(-n3c(C(F)F)nc4ccccc43)n2)cc1. The monoisotopic (exact) mass is 509 g/mol. The van der Waals surface area contributed by atoms with Crippen LogP contribution in [0.25, 0.3) is 17.0 Å². The van der Waals surface area contributed by atoms with Gasteiger partial charge < -0.3 is 19.7 Å². The summed E-state index contributed by atoms with van der Waals surface area (Å²) in [6, 6.07) is 14.8. The molecule has 1 aliphatic rings. The highest BCUT2D eigenvalue weighted by atomic mass is 19.3. The number of imidazole rings is 1. The first-order chi connectivity index (χ1) is 17.8. The Kier molecular flexibility index (Phi) is 6.88. The molecule has 0 saturated carbocycles. The molecule has 0 aliphatic carbocycles. The molecule has 2 aromatic heterocycles. The number of methoxy groups -OCH3 is 1. The molecule has 1 fully saturated rings. The van der Waals surface area contributed by atoms with Crippen molar-refractivity contribution >= 4 is 22.9 Å². The van der Waals surface area contributed by atoms with Gasteiger partial charge in [-0.15, -0.1) is 0 Å². The normalized spacial score (nSPS) is 14.4. The zero-order valence-corrected chi connectivity index (χ0v) is 21.0. The van der Waals surface area contributed by atoms with E-state index in [-0.39, 0.29) is 5.95 Å². The summed E-state index contributed by atoms with van der Waals surface area (Å²) in [7, 11) is 1.63. The summed E-state index contributed by atoms with van der Waals surface area (Å²) in [6.07, 6.45) is -2.14. The van der Waals surface area contributed by atoms with Crippen molar-refractivity contribution in [1.82, 2.24) is 24.5 Å². The number of alkyl halides is 2. The molecule has 9 nitrogen and oxygen atoms in total. The molecule has 1 aliphatic heterocycles. The first kappa shape index (κ1) is 24.8. The zero-order chi connectivity index (χ0) is 26.0. The van der Waals surface area contributed by atoms with E-state index in [4.69, 9.17) is 9.47 Å². The molecule has 5 rings (SSSR count). The third-order valence-electron chi connectivity index (χ3n) is 6.14. The standard InChI is InChI=1S/C26H29F2N7O2/c1-26(2,16-17-8-10-18(36-3)11-9-17)33-23-30-24(34-12-14-37-15-13-34)32-25(31-23)35-20-7-5-4-6-19(20)29-22(35)21(27)28/h4-11,21H,12-16H2,1-3H3,(H,30,31,32,33). The van der Waals surface area contributed by atoms with E-state index in [0.717, 1.165) is 11.3 Å². The summed E-state index contributed by atoms with van der Waals surface area (Å²) in [6.45, 7) is 6.31. The minimum Gasteiger partial charge on any atom is -0.497 e. The van der Waals surface area contributed by atoms with E-state index in [1.54, 1.807) is 31.4 Å². The van der Waals surface area contributed by atoms with Crippen molar-refractivity contribution in [3.8, 4) is 11.7 Å². The van der Waals surface area contributed by atoms with Gasteiger partial charge in [0, 0.05) is 18.6 Å². The van der Waals surface area contributed by atoms with Crippen LogP contribution in [0.2, 0.25) is 0 Å². The first-order valence-electron chi connectivity index (χ1n) is 12.1. The van der Waals surface area contributed by atoms with Crippen molar-refractivity contribution < 1.29 is 18.3 Å². The molecule has 0 spiro atoms. The van der Waals surface area contributed by atoms with E-state index in [1.807, 2.05) is 43.0 Å². The number of morpholine rings is 1. The van der Waals surface area contributed by atoms with E-state index >= 15 is 0 Å². The molecule has 194 valence electrons. The van der Waals surface area contributed by atoms with Crippen LogP contribution in [-0.2, 0) is 11.2 Å². The number of nitrogens with one attached hydrogen (secondary N) is 1. The lowest BCUT2D eigenvalue weighted by atomic mass is 9.95. The van der Waals surface area contributed by atoms with E-state index in [0.29, 0.717) is 55.7 Å². The van der Waals surface area contributed by atoms with Gasteiger partial charge >= 0.3 is 0 Å². The Morgan fingerprint density at radius 2 is 1.68 bits per heavy atom. The fourth-order valence-corrected chi connectivity index (χ4v) is 4.42. The molecule has 11 heteroatoms. The van der Waals surface area contributed by atoms with Crippen LogP contribution in [0.15, 0.2) is 48.5 Å². The third-order valence-corrected chi connectivity index (χ3v) is 6.14. The molecule has 0 amide bonds. The second-order valence-electron chi connectivity index (χ2n) is 9.49. The van der Waals surface area contributed by atoms with Gasteiger partial charge in [-0.2, -0.15) is 15.0 Å². The number of rotatable bonds is 8. The van der Waals surface area contributed by atoms with Gasteiger partial charge in [0.25, 0.3) is 6.43 Å². The molecule has 0 atom stereocenters. The lowest BCUT2D eigenvalue weighted by Gasteiger charge is -2.29. The van der Waals surface area contributed by atoms with Crippen LogP contribution in [-0.4, -0.2) is 63.5 Å².